The Labute approximate surface area is 152 Å². The van der Waals surface area contributed by atoms with Gasteiger partial charge in [0.05, 0.1) is 10.9 Å². The number of nitrogens with one attached hydrogen (secondary N) is 1. The van der Waals surface area contributed by atoms with Gasteiger partial charge in [0.1, 0.15) is 0 Å². The van der Waals surface area contributed by atoms with Crippen molar-refractivity contribution in [2.45, 2.75) is 30.7 Å². The largest absolute Gasteiger partial charge is 0.294 e. The van der Waals surface area contributed by atoms with E-state index in [0.29, 0.717) is 29.0 Å². The summed E-state index contributed by atoms with van der Waals surface area (Å²) in [7, 11) is -3.77. The highest BCUT2D eigenvalue weighted by Crippen LogP contribution is 2.30. The molecule has 0 fully saturated rings. The van der Waals surface area contributed by atoms with Crippen LogP contribution in [-0.2, 0) is 14.8 Å². The summed E-state index contributed by atoms with van der Waals surface area (Å²) in [5, 5.41) is 0.551. The Kier molecular flexibility index (Phi) is 5.08. The number of carbonyl (C=O) groups excluding carboxylic acids is 1. The van der Waals surface area contributed by atoms with Crippen LogP contribution in [0.5, 0.6) is 0 Å². The third-order valence-electron chi connectivity index (χ3n) is 4.18. The van der Waals surface area contributed by atoms with Gasteiger partial charge in [0.25, 0.3) is 0 Å². The molecule has 0 radical (unpaired) electrons. The van der Waals surface area contributed by atoms with Gasteiger partial charge in [-0.15, -0.1) is 0 Å². The van der Waals surface area contributed by atoms with Crippen molar-refractivity contribution < 1.29 is 13.2 Å². The van der Waals surface area contributed by atoms with Crippen LogP contribution in [0.2, 0.25) is 5.02 Å². The first-order chi connectivity index (χ1) is 11.9. The Morgan fingerprint density at radius 3 is 2.24 bits per heavy atom. The van der Waals surface area contributed by atoms with E-state index < -0.39 is 16.1 Å². The van der Waals surface area contributed by atoms with Crippen molar-refractivity contribution in [3.05, 3.63) is 76.3 Å². The molecule has 1 aliphatic rings. The average molecular weight is 376 g/mol. The van der Waals surface area contributed by atoms with Crippen LogP contribution in [0.15, 0.2) is 65.1 Å². The Balaban J connectivity index is 1.98. The van der Waals surface area contributed by atoms with E-state index in [9.17, 15) is 13.2 Å². The van der Waals surface area contributed by atoms with Crippen molar-refractivity contribution in [1.82, 2.24) is 4.72 Å². The average Bonchev–Trinajstić information content (AvgIpc) is 3.00. The Hall–Kier alpha value is -1.95. The molecule has 0 spiro atoms. The van der Waals surface area contributed by atoms with Crippen molar-refractivity contribution in [3.8, 4) is 0 Å². The maximum Gasteiger partial charge on any atom is 0.241 e. The van der Waals surface area contributed by atoms with Crippen LogP contribution in [0.1, 0.15) is 30.0 Å². The number of hydrogen-bond acceptors (Lipinski definition) is 3. The van der Waals surface area contributed by atoms with Gasteiger partial charge in [0.15, 0.2) is 5.78 Å². The topological polar surface area (TPSA) is 63.2 Å². The number of benzene rings is 2. The number of carbonyl (C=O) groups is 1. The minimum absolute atomic E-state index is 0.0356. The fraction of sp³-hybridized carbons (Fsp3) is 0.211. The number of halogens is 1. The lowest BCUT2D eigenvalue weighted by molar-refractivity contribution is -0.115. The smallest absolute Gasteiger partial charge is 0.241 e. The molecule has 0 aliphatic heterocycles. The molecule has 130 valence electrons. The minimum Gasteiger partial charge on any atom is -0.294 e. The second kappa shape index (κ2) is 7.12. The maximum absolute atomic E-state index is 12.8. The Morgan fingerprint density at radius 1 is 1.04 bits per heavy atom. The van der Waals surface area contributed by atoms with Crippen molar-refractivity contribution in [3.63, 3.8) is 0 Å². The van der Waals surface area contributed by atoms with Crippen LogP contribution < -0.4 is 4.72 Å². The van der Waals surface area contributed by atoms with Crippen LogP contribution in [-0.4, -0.2) is 14.2 Å². The summed E-state index contributed by atoms with van der Waals surface area (Å²) in [4.78, 5) is 12.4. The van der Waals surface area contributed by atoms with E-state index >= 15 is 0 Å². The predicted molar refractivity (Wildman–Crippen MR) is 98.0 cm³/mol. The van der Waals surface area contributed by atoms with E-state index in [0.717, 1.165) is 5.56 Å². The monoisotopic (exact) mass is 375 g/mol. The van der Waals surface area contributed by atoms with Crippen LogP contribution in [0.25, 0.3) is 0 Å². The molecule has 0 saturated heterocycles. The van der Waals surface area contributed by atoms with Gasteiger partial charge in [-0.25, -0.2) is 8.42 Å². The SMILES string of the molecule is Cc1ccc(S(=O)(=O)N[C@H](C2=CCCC2=O)c2ccc(Cl)cc2)cc1. The number of hydrogen-bond donors (Lipinski definition) is 1. The number of aryl methyl sites for hydroxylation is 1. The molecule has 1 atom stereocenters. The molecule has 0 heterocycles. The first kappa shape index (κ1) is 17.9. The van der Waals surface area contributed by atoms with Gasteiger partial charge in [-0.05, 0) is 43.2 Å². The number of rotatable bonds is 5. The van der Waals surface area contributed by atoms with E-state index in [1.54, 1.807) is 54.6 Å². The second-order valence-corrected chi connectivity index (χ2v) is 8.19. The highest BCUT2D eigenvalue weighted by atomic mass is 35.5. The summed E-state index contributed by atoms with van der Waals surface area (Å²) < 4.78 is 28.2. The molecule has 0 amide bonds. The molecule has 0 unspecified atom stereocenters. The Bertz CT molecular complexity index is 916. The van der Waals surface area contributed by atoms with E-state index in [1.807, 2.05) is 6.92 Å². The van der Waals surface area contributed by atoms with Gasteiger partial charge in [0.2, 0.25) is 10.0 Å². The highest BCUT2D eigenvalue weighted by Gasteiger charge is 2.29. The standard InChI is InChI=1S/C19H18ClNO3S/c1-13-5-11-16(12-6-13)25(23,24)21-19(17-3-2-4-18(17)22)14-7-9-15(20)10-8-14/h3,5-12,19,21H,2,4H2,1H3/t19-/m0/s1. The van der Waals surface area contributed by atoms with Crippen LogP contribution in [0.4, 0.5) is 0 Å². The molecule has 1 N–H and O–H groups in total. The summed E-state index contributed by atoms with van der Waals surface area (Å²) in [5.41, 5.74) is 2.14. The van der Waals surface area contributed by atoms with Gasteiger partial charge < -0.3 is 0 Å². The number of sulfonamides is 1. The lowest BCUT2D eigenvalue weighted by Gasteiger charge is -2.20. The third kappa shape index (κ3) is 4.00. The summed E-state index contributed by atoms with van der Waals surface area (Å²) in [6, 6.07) is 12.7. The molecule has 0 saturated carbocycles. The Morgan fingerprint density at radius 2 is 1.68 bits per heavy atom. The zero-order valence-electron chi connectivity index (χ0n) is 13.7. The number of allylic oxidation sites excluding steroid dienone is 1. The predicted octanol–water partition coefficient (Wildman–Crippen LogP) is 3.96. The molecule has 3 rings (SSSR count). The highest BCUT2D eigenvalue weighted by molar-refractivity contribution is 7.89. The van der Waals surface area contributed by atoms with Gasteiger partial charge in [-0.1, -0.05) is 47.5 Å². The van der Waals surface area contributed by atoms with Crippen LogP contribution >= 0.6 is 11.6 Å². The molecule has 1 aliphatic carbocycles. The quantitative estimate of drug-likeness (QED) is 0.860. The first-order valence-electron chi connectivity index (χ1n) is 7.94. The summed E-state index contributed by atoms with van der Waals surface area (Å²) in [5.74, 6) is -0.0356. The molecular weight excluding hydrogens is 358 g/mol. The van der Waals surface area contributed by atoms with E-state index in [-0.39, 0.29) is 10.7 Å². The van der Waals surface area contributed by atoms with Crippen molar-refractivity contribution >= 4 is 27.4 Å². The molecule has 4 nitrogen and oxygen atoms in total. The van der Waals surface area contributed by atoms with Crippen LogP contribution in [0, 0.1) is 6.92 Å². The van der Waals surface area contributed by atoms with Crippen molar-refractivity contribution in [2.75, 3.05) is 0 Å². The minimum atomic E-state index is -3.77. The molecule has 25 heavy (non-hydrogen) atoms. The summed E-state index contributed by atoms with van der Waals surface area (Å²) >= 11 is 5.93. The maximum atomic E-state index is 12.8. The fourth-order valence-corrected chi connectivity index (χ4v) is 4.13. The first-order valence-corrected chi connectivity index (χ1v) is 9.81. The number of ketones is 1. The van der Waals surface area contributed by atoms with Crippen LogP contribution in [0.3, 0.4) is 0 Å². The van der Waals surface area contributed by atoms with Gasteiger partial charge >= 0.3 is 0 Å². The van der Waals surface area contributed by atoms with Crippen molar-refractivity contribution in [2.24, 2.45) is 0 Å². The lowest BCUT2D eigenvalue weighted by Crippen LogP contribution is -2.31. The number of Topliss-reactive ketones (excluding diaryl/α,β-unsaturated/α-hetero) is 1. The third-order valence-corrected chi connectivity index (χ3v) is 5.87. The normalized spacial score (nSPS) is 15.9. The van der Waals surface area contributed by atoms with Gasteiger partial charge in [0, 0.05) is 17.0 Å². The zero-order valence-corrected chi connectivity index (χ0v) is 15.3. The zero-order chi connectivity index (χ0) is 18.0. The molecular formula is C19H18ClNO3S. The van der Waals surface area contributed by atoms with Crippen molar-refractivity contribution in [1.29, 1.82) is 0 Å². The van der Waals surface area contributed by atoms with E-state index in [4.69, 9.17) is 11.6 Å². The molecule has 2 aromatic rings. The van der Waals surface area contributed by atoms with E-state index in [2.05, 4.69) is 4.72 Å². The second-order valence-electron chi connectivity index (χ2n) is 6.04. The summed E-state index contributed by atoms with van der Waals surface area (Å²) in [6.45, 7) is 1.89. The van der Waals surface area contributed by atoms with E-state index in [1.165, 1.54) is 0 Å². The lowest BCUT2D eigenvalue weighted by atomic mass is 9.98. The fourth-order valence-electron chi connectivity index (χ4n) is 2.80. The molecule has 0 aromatic heterocycles. The van der Waals surface area contributed by atoms with Gasteiger partial charge in [-0.2, -0.15) is 4.72 Å². The molecule has 6 heteroatoms. The summed E-state index contributed by atoms with van der Waals surface area (Å²) in [6.07, 6.45) is 2.84. The van der Waals surface area contributed by atoms with Gasteiger partial charge in [-0.3, -0.25) is 4.79 Å². The molecule has 2 aromatic carbocycles. The molecule has 0 bridgehead atoms.